The summed E-state index contributed by atoms with van der Waals surface area (Å²) in [6.45, 7) is 0. The van der Waals surface area contributed by atoms with Gasteiger partial charge < -0.3 is 4.57 Å². The number of amides is 1. The first-order valence-electron chi connectivity index (χ1n) is 7.20. The van der Waals surface area contributed by atoms with Gasteiger partial charge in [0.1, 0.15) is 16.9 Å². The van der Waals surface area contributed by atoms with Crippen molar-refractivity contribution in [2.24, 2.45) is 0 Å². The topological polar surface area (TPSA) is 81.1 Å². The van der Waals surface area contributed by atoms with E-state index in [1.54, 1.807) is 18.2 Å². The highest BCUT2D eigenvalue weighted by Gasteiger charge is 2.25. The van der Waals surface area contributed by atoms with Crippen LogP contribution in [-0.2, 0) is 10.0 Å². The van der Waals surface area contributed by atoms with Crippen molar-refractivity contribution < 1.29 is 13.2 Å². The largest absolute Gasteiger partial charge is 0.302 e. The Morgan fingerprint density at radius 1 is 0.926 bits per heavy atom. The summed E-state index contributed by atoms with van der Waals surface area (Å²) >= 11 is 24.0. The maximum atomic E-state index is 12.5. The standard InChI is InChI=1S/C16H9Cl4N3O3S/c17-9-3-1-4-10(18)14(9)23-7-13(21-8-23)16(24)22-27(25,26)15-11(19)5-2-6-12(15)20/h1-8H,(H,22,24). The monoisotopic (exact) mass is 463 g/mol. The zero-order chi connectivity index (χ0) is 19.8. The summed E-state index contributed by atoms with van der Waals surface area (Å²) in [5.74, 6) is -0.965. The highest BCUT2D eigenvalue weighted by molar-refractivity contribution is 7.90. The average molecular weight is 465 g/mol. The molecule has 0 saturated heterocycles. The molecule has 6 nitrogen and oxygen atoms in total. The summed E-state index contributed by atoms with van der Waals surface area (Å²) in [7, 11) is -4.31. The van der Waals surface area contributed by atoms with Crippen molar-refractivity contribution in [3.63, 3.8) is 0 Å². The van der Waals surface area contributed by atoms with Gasteiger partial charge in [0, 0.05) is 6.20 Å². The molecule has 27 heavy (non-hydrogen) atoms. The lowest BCUT2D eigenvalue weighted by Crippen LogP contribution is -2.31. The van der Waals surface area contributed by atoms with Gasteiger partial charge in [-0.2, -0.15) is 0 Å². The molecule has 1 N–H and O–H groups in total. The van der Waals surface area contributed by atoms with Crippen molar-refractivity contribution >= 4 is 62.3 Å². The van der Waals surface area contributed by atoms with E-state index in [0.29, 0.717) is 15.7 Å². The van der Waals surface area contributed by atoms with Crippen LogP contribution in [-0.4, -0.2) is 23.9 Å². The Kier molecular flexibility index (Phi) is 5.69. The number of halogens is 4. The molecular formula is C16H9Cl4N3O3S. The molecule has 1 amide bonds. The van der Waals surface area contributed by atoms with Crippen molar-refractivity contribution in [1.82, 2.24) is 14.3 Å². The third-order valence-corrected chi connectivity index (χ3v) is 6.32. The zero-order valence-corrected chi connectivity index (χ0v) is 17.0. The normalized spacial score (nSPS) is 11.4. The molecule has 0 fully saturated rings. The summed E-state index contributed by atoms with van der Waals surface area (Å²) in [5.41, 5.74) is 0.238. The van der Waals surface area contributed by atoms with E-state index in [4.69, 9.17) is 46.4 Å². The van der Waals surface area contributed by atoms with E-state index in [0.717, 1.165) is 0 Å². The number of para-hydroxylation sites is 1. The van der Waals surface area contributed by atoms with Crippen molar-refractivity contribution in [3.05, 3.63) is 74.7 Å². The fourth-order valence-corrected chi connectivity index (χ4v) is 4.96. The molecule has 0 atom stereocenters. The first-order chi connectivity index (χ1) is 12.7. The molecule has 1 aromatic heterocycles. The van der Waals surface area contributed by atoms with Crippen LogP contribution in [0, 0.1) is 0 Å². The van der Waals surface area contributed by atoms with Gasteiger partial charge in [0.25, 0.3) is 15.9 Å². The zero-order valence-electron chi connectivity index (χ0n) is 13.2. The SMILES string of the molecule is O=C(NS(=O)(=O)c1c(Cl)cccc1Cl)c1cn(-c2c(Cl)cccc2Cl)cn1. The highest BCUT2D eigenvalue weighted by atomic mass is 35.5. The predicted molar refractivity (Wildman–Crippen MR) is 105 cm³/mol. The van der Waals surface area contributed by atoms with Crippen molar-refractivity contribution in [3.8, 4) is 5.69 Å². The Labute approximate surface area is 174 Å². The lowest BCUT2D eigenvalue weighted by atomic mass is 10.3. The molecule has 140 valence electrons. The number of carbonyl (C=O) groups excluding carboxylic acids is 1. The van der Waals surface area contributed by atoms with Crippen LogP contribution in [0.2, 0.25) is 20.1 Å². The second-order valence-corrected chi connectivity index (χ2v) is 8.47. The van der Waals surface area contributed by atoms with Gasteiger partial charge in [-0.1, -0.05) is 58.5 Å². The molecule has 11 heteroatoms. The predicted octanol–water partition coefficient (Wildman–Crippen LogP) is 4.60. The summed E-state index contributed by atoms with van der Waals surface area (Å²) in [4.78, 5) is 15.9. The minimum atomic E-state index is -4.31. The van der Waals surface area contributed by atoms with E-state index in [9.17, 15) is 13.2 Å². The van der Waals surface area contributed by atoms with Crippen LogP contribution in [0.5, 0.6) is 0 Å². The smallest absolute Gasteiger partial charge is 0.285 e. The first kappa shape index (κ1) is 20.0. The number of benzene rings is 2. The number of carbonyl (C=O) groups is 1. The van der Waals surface area contributed by atoms with E-state index in [1.165, 1.54) is 35.3 Å². The maximum Gasteiger partial charge on any atom is 0.285 e. The van der Waals surface area contributed by atoms with E-state index < -0.39 is 20.8 Å². The van der Waals surface area contributed by atoms with E-state index in [-0.39, 0.29) is 15.7 Å². The average Bonchev–Trinajstić information content (AvgIpc) is 3.03. The molecule has 3 aromatic rings. The molecule has 0 aliphatic carbocycles. The summed E-state index contributed by atoms with van der Waals surface area (Å²) in [6, 6.07) is 9.08. The number of imidazole rings is 1. The lowest BCUT2D eigenvalue weighted by Gasteiger charge is -2.09. The molecule has 0 spiro atoms. The van der Waals surface area contributed by atoms with Crippen LogP contribution in [0.3, 0.4) is 0 Å². The molecular weight excluding hydrogens is 456 g/mol. The Hall–Kier alpha value is -1.77. The Morgan fingerprint density at radius 2 is 1.44 bits per heavy atom. The Balaban J connectivity index is 1.91. The first-order valence-corrected chi connectivity index (χ1v) is 10.2. The Morgan fingerprint density at radius 3 is 2.00 bits per heavy atom. The minimum absolute atomic E-state index is 0.115. The summed E-state index contributed by atoms with van der Waals surface area (Å²) in [5, 5.41) is 0.442. The fraction of sp³-hybridized carbons (Fsp3) is 0. The molecule has 0 unspecified atom stereocenters. The molecule has 0 bridgehead atoms. The van der Waals surface area contributed by atoms with Gasteiger partial charge in [-0.3, -0.25) is 4.79 Å². The van der Waals surface area contributed by atoms with Crippen molar-refractivity contribution in [2.75, 3.05) is 0 Å². The third-order valence-electron chi connectivity index (χ3n) is 3.43. The number of hydrogen-bond donors (Lipinski definition) is 1. The van der Waals surface area contributed by atoms with Crippen molar-refractivity contribution in [1.29, 1.82) is 0 Å². The van der Waals surface area contributed by atoms with Gasteiger partial charge >= 0.3 is 0 Å². The van der Waals surface area contributed by atoms with Gasteiger partial charge in [-0.25, -0.2) is 18.1 Å². The van der Waals surface area contributed by atoms with Crippen LogP contribution in [0.25, 0.3) is 5.69 Å². The molecule has 0 saturated carbocycles. The molecule has 0 aliphatic rings. The van der Waals surface area contributed by atoms with Crippen molar-refractivity contribution in [2.45, 2.75) is 4.90 Å². The number of rotatable bonds is 4. The maximum absolute atomic E-state index is 12.5. The van der Waals surface area contributed by atoms with Crippen LogP contribution >= 0.6 is 46.4 Å². The van der Waals surface area contributed by atoms with Gasteiger partial charge in [-0.05, 0) is 24.3 Å². The van der Waals surface area contributed by atoms with E-state index in [1.807, 2.05) is 4.72 Å². The van der Waals surface area contributed by atoms with Gasteiger partial charge in [0.05, 0.1) is 25.8 Å². The highest BCUT2D eigenvalue weighted by Crippen LogP contribution is 2.30. The molecule has 2 aromatic carbocycles. The number of nitrogens with zero attached hydrogens (tertiary/aromatic N) is 2. The minimum Gasteiger partial charge on any atom is -0.302 e. The second-order valence-electron chi connectivity index (χ2n) is 5.22. The van der Waals surface area contributed by atoms with E-state index >= 15 is 0 Å². The quantitative estimate of drug-likeness (QED) is 0.611. The van der Waals surface area contributed by atoms with Gasteiger partial charge in [-0.15, -0.1) is 0 Å². The summed E-state index contributed by atoms with van der Waals surface area (Å²) in [6.07, 6.45) is 2.59. The van der Waals surface area contributed by atoms with Gasteiger partial charge in [0.2, 0.25) is 0 Å². The third kappa shape index (κ3) is 4.07. The van der Waals surface area contributed by atoms with E-state index in [2.05, 4.69) is 4.98 Å². The number of sulfonamides is 1. The number of aromatic nitrogens is 2. The fourth-order valence-electron chi connectivity index (χ4n) is 2.26. The number of hydrogen-bond acceptors (Lipinski definition) is 4. The molecule has 1 heterocycles. The second kappa shape index (κ2) is 7.69. The summed E-state index contributed by atoms with van der Waals surface area (Å²) < 4.78 is 28.2. The molecule has 0 aliphatic heterocycles. The molecule has 0 radical (unpaired) electrons. The molecule has 3 rings (SSSR count). The number of nitrogens with one attached hydrogen (secondary N) is 1. The lowest BCUT2D eigenvalue weighted by molar-refractivity contribution is 0.0977. The van der Waals surface area contributed by atoms with Gasteiger partial charge in [0.15, 0.2) is 0 Å². The Bertz CT molecular complexity index is 1110. The van der Waals surface area contributed by atoms with Crippen LogP contribution in [0.15, 0.2) is 53.8 Å². The van der Waals surface area contributed by atoms with Crippen LogP contribution < -0.4 is 4.72 Å². The van der Waals surface area contributed by atoms with Crippen LogP contribution in [0.4, 0.5) is 0 Å². The van der Waals surface area contributed by atoms with Crippen LogP contribution in [0.1, 0.15) is 10.5 Å².